The van der Waals surface area contributed by atoms with Gasteiger partial charge in [-0.25, -0.2) is 9.79 Å². The third-order valence-corrected chi connectivity index (χ3v) is 5.47. The number of carbonyl (C=O) groups is 1. The van der Waals surface area contributed by atoms with Crippen LogP contribution in [-0.2, 0) is 23.3 Å². The van der Waals surface area contributed by atoms with Crippen LogP contribution in [0.1, 0.15) is 37.3 Å². The average Bonchev–Trinajstić information content (AvgIpc) is 3.34. The molecule has 0 fully saturated rings. The summed E-state index contributed by atoms with van der Waals surface area (Å²) in [5, 5.41) is 14.4. The topological polar surface area (TPSA) is 103 Å². The minimum Gasteiger partial charge on any atom is -0.497 e. The number of methoxy groups -OCH3 is 1. The summed E-state index contributed by atoms with van der Waals surface area (Å²) in [6.07, 6.45) is 2.04. The van der Waals surface area contributed by atoms with Crippen LogP contribution in [0.3, 0.4) is 0 Å². The third-order valence-electron chi connectivity index (χ3n) is 5.47. The molecule has 0 saturated heterocycles. The van der Waals surface area contributed by atoms with Crippen LogP contribution in [0.5, 0.6) is 5.75 Å². The number of nitrogens with one attached hydrogen (secondary N) is 1. The molecule has 1 aliphatic heterocycles. The smallest absolute Gasteiger partial charge is 0.451 e. The van der Waals surface area contributed by atoms with E-state index in [1.165, 1.54) is 10.5 Å². The van der Waals surface area contributed by atoms with E-state index >= 15 is 0 Å². The summed E-state index contributed by atoms with van der Waals surface area (Å²) in [5.41, 5.74) is 1.67. The molecular formula is C23H25N4O4+. The minimum atomic E-state index is -1.08. The number of aliphatic hydroxyl groups excluding tert-OH is 1. The van der Waals surface area contributed by atoms with E-state index in [0.29, 0.717) is 5.82 Å². The summed E-state index contributed by atoms with van der Waals surface area (Å²) in [7, 11) is 1.60. The van der Waals surface area contributed by atoms with Crippen molar-refractivity contribution >= 4 is 11.9 Å². The highest BCUT2D eigenvalue weighted by molar-refractivity contribution is 5.99. The van der Waals surface area contributed by atoms with E-state index in [1.807, 2.05) is 36.4 Å². The Morgan fingerprint density at radius 3 is 2.52 bits per heavy atom. The van der Waals surface area contributed by atoms with Crippen molar-refractivity contribution in [3.8, 4) is 17.1 Å². The molecule has 4 rings (SSSR count). The van der Waals surface area contributed by atoms with Crippen LogP contribution < -0.4 is 9.73 Å². The average molecular weight is 421 g/mol. The van der Waals surface area contributed by atoms with E-state index in [2.05, 4.69) is 22.1 Å². The molecule has 0 bridgehead atoms. The van der Waals surface area contributed by atoms with Gasteiger partial charge in [0, 0.05) is 11.1 Å². The standard InChI is InChI=1S/C23H24N4O4/c1-4-5-15-6-10-17(11-7-15)23(2)21(28)27(22(29)25-23)14-19-24-20(26-31-19)16-8-12-18(30-3)13-9-16/h6-13H,4-5,14H2,1-3H3,(H,25,29)/p+1/t23-/m1/s1. The normalized spacial score (nSPS) is 18.4. The monoisotopic (exact) mass is 421 g/mol. The second kappa shape index (κ2) is 8.22. The summed E-state index contributed by atoms with van der Waals surface area (Å²) < 4.78 is 10.5. The summed E-state index contributed by atoms with van der Waals surface area (Å²) in [6, 6.07) is 14.9. The number of hydrogen-bond acceptors (Lipinski definition) is 5. The van der Waals surface area contributed by atoms with Crippen molar-refractivity contribution in [3.05, 3.63) is 65.5 Å². The van der Waals surface area contributed by atoms with Gasteiger partial charge in [0.1, 0.15) is 5.75 Å². The van der Waals surface area contributed by atoms with E-state index < -0.39 is 5.54 Å². The fraction of sp³-hybridized carbons (Fsp3) is 0.304. The number of amidine groups is 1. The van der Waals surface area contributed by atoms with Crippen molar-refractivity contribution in [3.63, 3.8) is 0 Å². The molecule has 0 unspecified atom stereocenters. The van der Waals surface area contributed by atoms with Gasteiger partial charge in [-0.2, -0.15) is 4.98 Å². The summed E-state index contributed by atoms with van der Waals surface area (Å²) in [6.45, 7) is 3.83. The first kappa shape index (κ1) is 20.6. The molecule has 2 heterocycles. The lowest BCUT2D eigenvalue weighted by Gasteiger charge is -2.16. The van der Waals surface area contributed by atoms with Crippen LogP contribution in [-0.4, -0.2) is 39.2 Å². The number of hydrogen-bond donors (Lipinski definition) is 2. The highest BCUT2D eigenvalue weighted by Gasteiger charge is 2.54. The van der Waals surface area contributed by atoms with Crippen LogP contribution in [0.2, 0.25) is 0 Å². The molecule has 3 aromatic rings. The van der Waals surface area contributed by atoms with Gasteiger partial charge in [-0.1, -0.05) is 42.8 Å². The SMILES string of the molecule is CCCc1ccc([C@@]2(C)[NH+]=C(O)N(Cc3nc(-c4ccc(OC)cc4)no3)C2=O)cc1. The lowest BCUT2D eigenvalue weighted by molar-refractivity contribution is -0.540. The van der Waals surface area contributed by atoms with Crippen molar-refractivity contribution < 1.29 is 24.2 Å². The Kier molecular flexibility index (Phi) is 5.46. The fourth-order valence-electron chi connectivity index (χ4n) is 3.66. The molecule has 0 aliphatic carbocycles. The number of ether oxygens (including phenoxy) is 1. The fourth-order valence-corrected chi connectivity index (χ4v) is 3.66. The van der Waals surface area contributed by atoms with E-state index in [9.17, 15) is 9.90 Å². The minimum absolute atomic E-state index is 0.0374. The lowest BCUT2D eigenvalue weighted by Crippen LogP contribution is -2.82. The van der Waals surface area contributed by atoms with Crippen molar-refractivity contribution in [1.82, 2.24) is 15.0 Å². The van der Waals surface area contributed by atoms with Gasteiger partial charge in [-0.05, 0) is 43.2 Å². The third kappa shape index (κ3) is 3.88. The molecular weight excluding hydrogens is 396 g/mol. The number of aryl methyl sites for hydroxylation is 1. The molecule has 1 amide bonds. The zero-order valence-electron chi connectivity index (χ0n) is 17.8. The van der Waals surface area contributed by atoms with E-state index in [0.717, 1.165) is 29.7 Å². The Balaban J connectivity index is 1.51. The van der Waals surface area contributed by atoms with Crippen LogP contribution >= 0.6 is 0 Å². The van der Waals surface area contributed by atoms with Gasteiger partial charge < -0.3 is 14.4 Å². The maximum atomic E-state index is 13.2. The summed E-state index contributed by atoms with van der Waals surface area (Å²) >= 11 is 0. The quantitative estimate of drug-likeness (QED) is 0.605. The summed E-state index contributed by atoms with van der Waals surface area (Å²) in [5.74, 6) is 1.04. The molecule has 2 N–H and O–H groups in total. The first-order valence-corrected chi connectivity index (χ1v) is 10.2. The molecule has 0 saturated carbocycles. The number of nitrogens with zero attached hydrogens (tertiary/aromatic N) is 3. The van der Waals surface area contributed by atoms with Crippen LogP contribution in [0.25, 0.3) is 11.4 Å². The van der Waals surface area contributed by atoms with Crippen LogP contribution in [0, 0.1) is 0 Å². The van der Waals surface area contributed by atoms with Gasteiger partial charge in [0.15, 0.2) is 6.54 Å². The van der Waals surface area contributed by atoms with Gasteiger partial charge in [0.05, 0.1) is 7.11 Å². The molecule has 0 radical (unpaired) electrons. The first-order chi connectivity index (χ1) is 14.9. The largest absolute Gasteiger partial charge is 0.497 e. The van der Waals surface area contributed by atoms with Crippen LogP contribution in [0.15, 0.2) is 53.1 Å². The number of rotatable bonds is 7. The highest BCUT2D eigenvalue weighted by atomic mass is 16.5. The van der Waals surface area contributed by atoms with Gasteiger partial charge in [-0.15, -0.1) is 4.90 Å². The predicted octanol–water partition coefficient (Wildman–Crippen LogP) is 1.95. The maximum Gasteiger partial charge on any atom is 0.451 e. The van der Waals surface area contributed by atoms with Crippen molar-refractivity contribution in [2.24, 2.45) is 0 Å². The van der Waals surface area contributed by atoms with Crippen molar-refractivity contribution in [2.45, 2.75) is 38.8 Å². The zero-order chi connectivity index (χ0) is 22.0. The number of benzene rings is 2. The van der Waals surface area contributed by atoms with Gasteiger partial charge >= 0.3 is 11.9 Å². The predicted molar refractivity (Wildman–Crippen MR) is 113 cm³/mol. The maximum absolute atomic E-state index is 13.2. The van der Waals surface area contributed by atoms with E-state index in [-0.39, 0.29) is 24.4 Å². The first-order valence-electron chi connectivity index (χ1n) is 10.2. The second-order valence-corrected chi connectivity index (χ2v) is 7.65. The molecule has 8 heteroatoms. The second-order valence-electron chi connectivity index (χ2n) is 7.65. The van der Waals surface area contributed by atoms with Gasteiger partial charge in [0.2, 0.25) is 11.4 Å². The number of aromatic nitrogens is 2. The number of carbonyl (C=O) groups excluding carboxylic acids is 1. The number of aliphatic hydroxyl groups is 1. The van der Waals surface area contributed by atoms with Crippen LogP contribution in [0.4, 0.5) is 0 Å². The molecule has 8 nitrogen and oxygen atoms in total. The van der Waals surface area contributed by atoms with Gasteiger partial charge in [0.25, 0.3) is 5.89 Å². The number of amides is 1. The molecule has 1 aromatic heterocycles. The lowest BCUT2D eigenvalue weighted by atomic mass is 9.91. The Hall–Kier alpha value is -3.68. The highest BCUT2D eigenvalue weighted by Crippen LogP contribution is 2.24. The Labute approximate surface area is 180 Å². The molecule has 31 heavy (non-hydrogen) atoms. The molecule has 160 valence electrons. The van der Waals surface area contributed by atoms with Crippen molar-refractivity contribution in [2.75, 3.05) is 7.11 Å². The summed E-state index contributed by atoms with van der Waals surface area (Å²) in [4.78, 5) is 21.7. The molecule has 2 aromatic carbocycles. The Morgan fingerprint density at radius 2 is 1.87 bits per heavy atom. The Morgan fingerprint density at radius 1 is 1.16 bits per heavy atom. The molecule has 1 aliphatic rings. The van der Waals surface area contributed by atoms with E-state index in [1.54, 1.807) is 26.2 Å². The zero-order valence-corrected chi connectivity index (χ0v) is 17.8. The van der Waals surface area contributed by atoms with Gasteiger partial charge in [-0.3, -0.25) is 0 Å². The van der Waals surface area contributed by atoms with Crippen molar-refractivity contribution in [1.29, 1.82) is 0 Å². The molecule has 1 atom stereocenters. The Bertz CT molecular complexity index is 1110. The molecule has 0 spiro atoms. The van der Waals surface area contributed by atoms with E-state index in [4.69, 9.17) is 9.26 Å².